The van der Waals surface area contributed by atoms with Crippen molar-refractivity contribution in [2.24, 2.45) is 0 Å². The quantitative estimate of drug-likeness (QED) is 0.821. The van der Waals surface area contributed by atoms with E-state index in [2.05, 4.69) is 0 Å². The Morgan fingerprint density at radius 1 is 1.21 bits per heavy atom. The average Bonchev–Trinajstić information content (AvgIpc) is 2.99. The molecule has 0 fully saturated rings. The zero-order chi connectivity index (χ0) is 21.1. The number of sulfone groups is 1. The van der Waals surface area contributed by atoms with Crippen molar-refractivity contribution < 1.29 is 31.8 Å². The van der Waals surface area contributed by atoms with Crippen molar-refractivity contribution in [3.63, 3.8) is 0 Å². The van der Waals surface area contributed by atoms with Gasteiger partial charge in [-0.3, -0.25) is 4.79 Å². The number of fused-ring (bicyclic) bond motifs is 2. The highest BCUT2D eigenvalue weighted by molar-refractivity contribution is 7.91. The molecular weight excluding hydrogens is 404 g/mol. The van der Waals surface area contributed by atoms with Crippen LogP contribution in [0.3, 0.4) is 0 Å². The first-order valence-electron chi connectivity index (χ1n) is 8.96. The summed E-state index contributed by atoms with van der Waals surface area (Å²) in [7, 11) is -4.84. The lowest BCUT2D eigenvalue weighted by molar-refractivity contribution is -0.0869. The summed E-state index contributed by atoms with van der Waals surface area (Å²) in [5, 5.41) is 11.0. The topological polar surface area (TPSA) is 83.9 Å². The minimum Gasteiger partial charge on any atom is -0.485 e. The fourth-order valence-corrected chi connectivity index (χ4v) is 4.62. The lowest BCUT2D eigenvalue weighted by atomic mass is 9.85. The van der Waals surface area contributed by atoms with Gasteiger partial charge in [0.25, 0.3) is 5.91 Å². The van der Waals surface area contributed by atoms with Crippen molar-refractivity contribution in [1.29, 1.82) is 0 Å². The van der Waals surface area contributed by atoms with Gasteiger partial charge < -0.3 is 14.7 Å². The van der Waals surface area contributed by atoms with Gasteiger partial charge in [0.15, 0.2) is 0 Å². The van der Waals surface area contributed by atoms with Gasteiger partial charge in [0.05, 0.1) is 10.9 Å². The summed E-state index contributed by atoms with van der Waals surface area (Å²) in [4.78, 5) is 13.8. The van der Waals surface area contributed by atoms with Gasteiger partial charge in [-0.05, 0) is 43.7 Å². The van der Waals surface area contributed by atoms with Gasteiger partial charge in [0.1, 0.15) is 17.5 Å². The van der Waals surface area contributed by atoms with E-state index in [1.54, 1.807) is 38.1 Å². The number of nitrogens with zero attached hydrogens (tertiary/aromatic N) is 1. The first kappa shape index (κ1) is 19.8. The third-order valence-corrected chi connectivity index (χ3v) is 6.81. The fraction of sp³-hybridized carbons (Fsp3) is 0.350. The van der Waals surface area contributed by atoms with Crippen LogP contribution in [-0.2, 0) is 16.4 Å². The number of alkyl halides is 2. The number of ether oxygens (including phenoxy) is 1. The SMILES string of the molecule is CC1(C)Oc2ccc(S(=O)(=O)C(F)F)cc2C(N2Cc3ccccc3C2=O)C1O. The van der Waals surface area contributed by atoms with E-state index in [4.69, 9.17) is 4.74 Å². The highest BCUT2D eigenvalue weighted by Crippen LogP contribution is 2.46. The fourth-order valence-electron chi connectivity index (χ4n) is 3.86. The van der Waals surface area contributed by atoms with Crippen LogP contribution < -0.4 is 4.74 Å². The largest absolute Gasteiger partial charge is 0.485 e. The monoisotopic (exact) mass is 423 g/mol. The number of aliphatic hydroxyl groups is 1. The maximum atomic E-state index is 13.0. The maximum absolute atomic E-state index is 13.0. The van der Waals surface area contributed by atoms with Crippen molar-refractivity contribution in [3.05, 3.63) is 59.2 Å². The minimum atomic E-state index is -4.84. The molecule has 1 N–H and O–H groups in total. The standard InChI is InChI=1S/C20H19F2NO5S/c1-20(2)17(24)16(23-10-11-5-3-4-6-13(11)18(23)25)14-9-12(7-8-15(14)28-20)29(26,27)19(21)22/h3-9,16-17,19,24H,10H2,1-2H3. The first-order valence-corrected chi connectivity index (χ1v) is 10.5. The highest BCUT2D eigenvalue weighted by Gasteiger charge is 2.49. The van der Waals surface area contributed by atoms with Crippen molar-refractivity contribution in [1.82, 2.24) is 4.90 Å². The Morgan fingerprint density at radius 3 is 2.55 bits per heavy atom. The summed E-state index contributed by atoms with van der Waals surface area (Å²) in [6.45, 7) is 3.49. The lowest BCUT2D eigenvalue weighted by Crippen LogP contribution is -2.53. The molecule has 0 aliphatic carbocycles. The number of rotatable bonds is 3. The van der Waals surface area contributed by atoms with Gasteiger partial charge in [0, 0.05) is 17.7 Å². The summed E-state index contributed by atoms with van der Waals surface area (Å²) in [6.07, 6.45) is -1.21. The van der Waals surface area contributed by atoms with Gasteiger partial charge >= 0.3 is 5.76 Å². The molecule has 0 saturated carbocycles. The number of hydrogen-bond donors (Lipinski definition) is 1. The first-order chi connectivity index (χ1) is 13.5. The van der Waals surface area contributed by atoms with Crippen molar-refractivity contribution >= 4 is 15.7 Å². The number of hydrogen-bond acceptors (Lipinski definition) is 5. The average molecular weight is 423 g/mol. The molecule has 0 radical (unpaired) electrons. The third-order valence-electron chi connectivity index (χ3n) is 5.43. The maximum Gasteiger partial charge on any atom is 0.341 e. The van der Waals surface area contributed by atoms with E-state index in [9.17, 15) is 27.1 Å². The molecule has 2 atom stereocenters. The van der Waals surface area contributed by atoms with Crippen LogP contribution in [0, 0.1) is 0 Å². The molecule has 2 aromatic carbocycles. The Kier molecular flexibility index (Phi) is 4.43. The summed E-state index contributed by atoms with van der Waals surface area (Å²) >= 11 is 0. The lowest BCUT2D eigenvalue weighted by Gasteiger charge is -2.45. The summed E-state index contributed by atoms with van der Waals surface area (Å²) in [5.74, 6) is -3.67. The van der Waals surface area contributed by atoms with E-state index in [1.165, 1.54) is 11.0 Å². The van der Waals surface area contributed by atoms with E-state index in [1.807, 2.05) is 0 Å². The molecule has 9 heteroatoms. The van der Waals surface area contributed by atoms with Crippen LogP contribution in [-0.4, -0.2) is 41.8 Å². The highest BCUT2D eigenvalue weighted by atomic mass is 32.2. The molecule has 154 valence electrons. The Balaban J connectivity index is 1.86. The van der Waals surface area contributed by atoms with E-state index in [-0.39, 0.29) is 23.8 Å². The van der Waals surface area contributed by atoms with Crippen LogP contribution in [0.5, 0.6) is 5.75 Å². The Labute approximate surface area is 166 Å². The van der Waals surface area contributed by atoms with E-state index >= 15 is 0 Å². The molecule has 4 rings (SSSR count). The normalized spacial score (nSPS) is 23.0. The second-order valence-corrected chi connectivity index (χ2v) is 9.61. The Morgan fingerprint density at radius 2 is 1.90 bits per heavy atom. The third kappa shape index (κ3) is 3.00. The molecule has 1 amide bonds. The van der Waals surface area contributed by atoms with Crippen LogP contribution >= 0.6 is 0 Å². The zero-order valence-corrected chi connectivity index (χ0v) is 16.5. The van der Waals surface area contributed by atoms with Gasteiger partial charge in [-0.25, -0.2) is 8.42 Å². The van der Waals surface area contributed by atoms with Crippen LogP contribution in [0.25, 0.3) is 0 Å². The molecule has 6 nitrogen and oxygen atoms in total. The summed E-state index contributed by atoms with van der Waals surface area (Å²) < 4.78 is 55.8. The van der Waals surface area contributed by atoms with Crippen LogP contribution in [0.15, 0.2) is 47.4 Å². The molecule has 2 heterocycles. The molecule has 2 aliphatic heterocycles. The van der Waals surface area contributed by atoms with E-state index in [0.29, 0.717) is 5.56 Å². The molecular formula is C20H19F2NO5S. The molecule has 2 aliphatic rings. The summed E-state index contributed by atoms with van der Waals surface area (Å²) in [6, 6.07) is 9.44. The predicted octanol–water partition coefficient (Wildman–Crippen LogP) is 2.91. The predicted molar refractivity (Wildman–Crippen MR) is 99.4 cm³/mol. The number of carbonyl (C=O) groups is 1. The Hall–Kier alpha value is -2.52. The van der Waals surface area contributed by atoms with Crippen molar-refractivity contribution in [3.8, 4) is 5.75 Å². The second kappa shape index (κ2) is 6.50. The van der Waals surface area contributed by atoms with Crippen LogP contribution in [0.4, 0.5) is 8.78 Å². The van der Waals surface area contributed by atoms with Crippen molar-refractivity contribution in [2.75, 3.05) is 0 Å². The number of carbonyl (C=O) groups excluding carboxylic acids is 1. The van der Waals surface area contributed by atoms with E-state index in [0.717, 1.165) is 17.7 Å². The Bertz CT molecular complexity index is 1100. The molecule has 0 saturated heterocycles. The summed E-state index contributed by atoms with van der Waals surface area (Å²) in [5.41, 5.74) is 0.351. The van der Waals surface area contributed by atoms with Gasteiger partial charge in [-0.2, -0.15) is 8.78 Å². The molecule has 0 bridgehead atoms. The molecule has 0 aromatic heterocycles. The molecule has 0 spiro atoms. The number of amides is 1. The van der Waals surface area contributed by atoms with Crippen LogP contribution in [0.2, 0.25) is 0 Å². The second-order valence-electron chi connectivity index (χ2n) is 7.69. The van der Waals surface area contributed by atoms with Crippen LogP contribution in [0.1, 0.15) is 41.4 Å². The molecule has 2 unspecified atom stereocenters. The van der Waals surface area contributed by atoms with Gasteiger partial charge in [-0.1, -0.05) is 18.2 Å². The number of aliphatic hydroxyl groups excluding tert-OH is 1. The minimum absolute atomic E-state index is 0.180. The molecule has 29 heavy (non-hydrogen) atoms. The smallest absolute Gasteiger partial charge is 0.341 e. The number of halogens is 2. The molecule has 2 aromatic rings. The van der Waals surface area contributed by atoms with E-state index < -0.39 is 38.2 Å². The van der Waals surface area contributed by atoms with Gasteiger partial charge in [0.2, 0.25) is 9.84 Å². The zero-order valence-electron chi connectivity index (χ0n) is 15.7. The van der Waals surface area contributed by atoms with Gasteiger partial charge in [-0.15, -0.1) is 0 Å². The van der Waals surface area contributed by atoms with Crippen molar-refractivity contribution in [2.45, 2.75) is 48.8 Å². The number of benzene rings is 2.